The van der Waals surface area contributed by atoms with Crippen LogP contribution in [-0.2, 0) is 6.18 Å². The summed E-state index contributed by atoms with van der Waals surface area (Å²) in [6, 6.07) is 18.5. The fourth-order valence-electron chi connectivity index (χ4n) is 3.87. The first-order valence-corrected chi connectivity index (χ1v) is 9.65. The number of alkyl halides is 3. The molecule has 0 atom stereocenters. The molecule has 0 fully saturated rings. The molecule has 4 aromatic rings. The number of hydrogen-bond donors (Lipinski definition) is 1. The van der Waals surface area contributed by atoms with Crippen LogP contribution in [0.25, 0.3) is 33.2 Å². The van der Waals surface area contributed by atoms with Crippen molar-refractivity contribution in [1.82, 2.24) is 4.98 Å². The molecule has 2 nitrogen and oxygen atoms in total. The van der Waals surface area contributed by atoms with Gasteiger partial charge in [0.05, 0.1) is 11.1 Å². The first kappa shape index (κ1) is 20.0. The lowest BCUT2D eigenvalue weighted by Crippen LogP contribution is -2.07. The van der Waals surface area contributed by atoms with Gasteiger partial charge < -0.3 is 5.11 Å². The Morgan fingerprint density at radius 1 is 0.867 bits per heavy atom. The second-order valence-electron chi connectivity index (χ2n) is 7.54. The molecule has 0 radical (unpaired) electrons. The summed E-state index contributed by atoms with van der Waals surface area (Å²) in [6.07, 6.45) is -3.00. The molecular weight excluding hydrogens is 387 g/mol. The van der Waals surface area contributed by atoms with Crippen LogP contribution in [0.2, 0.25) is 0 Å². The number of hydrogen-bond acceptors (Lipinski definition) is 2. The molecule has 0 saturated carbocycles. The zero-order valence-corrected chi connectivity index (χ0v) is 16.5. The van der Waals surface area contributed by atoms with Crippen LogP contribution in [0.5, 0.6) is 5.75 Å². The summed E-state index contributed by atoms with van der Waals surface area (Å²) in [5, 5.41) is 10.4. The topological polar surface area (TPSA) is 33.1 Å². The number of aromatic nitrogens is 1. The standard InChI is InChI=1S/C25H20F3NO/c1-15(2)18-9-3-4-10-19(18)21-14-29-24-20(11-6-12-22(24)25(26,27)28)23(21)16-7-5-8-17(30)13-16/h3-15,30H,1-2H3. The lowest BCUT2D eigenvalue weighted by Gasteiger charge is -2.19. The fourth-order valence-corrected chi connectivity index (χ4v) is 3.87. The summed E-state index contributed by atoms with van der Waals surface area (Å²) >= 11 is 0. The average Bonchev–Trinajstić information content (AvgIpc) is 2.71. The summed E-state index contributed by atoms with van der Waals surface area (Å²) in [7, 11) is 0. The van der Waals surface area contributed by atoms with Gasteiger partial charge in [-0.25, -0.2) is 0 Å². The number of phenols is 1. The Kier molecular flexibility index (Phi) is 4.98. The van der Waals surface area contributed by atoms with Gasteiger partial charge in [-0.2, -0.15) is 13.2 Å². The van der Waals surface area contributed by atoms with E-state index in [0.717, 1.165) is 22.8 Å². The molecule has 0 aliphatic rings. The molecule has 1 N–H and O–H groups in total. The summed E-state index contributed by atoms with van der Waals surface area (Å²) in [6.45, 7) is 4.15. The number of aromatic hydroxyl groups is 1. The van der Waals surface area contributed by atoms with Crippen LogP contribution in [0, 0.1) is 0 Å². The molecule has 4 rings (SSSR count). The van der Waals surface area contributed by atoms with Gasteiger partial charge in [0.15, 0.2) is 0 Å². The monoisotopic (exact) mass is 407 g/mol. The van der Waals surface area contributed by atoms with Crippen molar-refractivity contribution in [2.75, 3.05) is 0 Å². The van der Waals surface area contributed by atoms with E-state index in [2.05, 4.69) is 18.8 Å². The van der Waals surface area contributed by atoms with Gasteiger partial charge in [0.25, 0.3) is 0 Å². The highest BCUT2D eigenvalue weighted by atomic mass is 19.4. The first-order valence-electron chi connectivity index (χ1n) is 9.65. The second kappa shape index (κ2) is 7.48. The van der Waals surface area contributed by atoms with Crippen molar-refractivity contribution in [3.8, 4) is 28.0 Å². The van der Waals surface area contributed by atoms with Crippen molar-refractivity contribution in [2.45, 2.75) is 25.9 Å². The van der Waals surface area contributed by atoms with Crippen molar-refractivity contribution >= 4 is 10.9 Å². The van der Waals surface area contributed by atoms with Crippen LogP contribution in [0.4, 0.5) is 13.2 Å². The van der Waals surface area contributed by atoms with E-state index in [0.29, 0.717) is 16.5 Å². The minimum Gasteiger partial charge on any atom is -0.508 e. The Bertz CT molecular complexity index is 1230. The third kappa shape index (κ3) is 3.52. The molecule has 1 aromatic heterocycles. The quantitative estimate of drug-likeness (QED) is 0.383. The van der Waals surface area contributed by atoms with Gasteiger partial charge in [0, 0.05) is 22.7 Å². The van der Waals surface area contributed by atoms with Crippen LogP contribution in [-0.4, -0.2) is 10.1 Å². The van der Waals surface area contributed by atoms with Gasteiger partial charge in [-0.15, -0.1) is 0 Å². The molecule has 3 aromatic carbocycles. The number of pyridine rings is 1. The number of fused-ring (bicyclic) bond motifs is 1. The Balaban J connectivity index is 2.14. The number of para-hydroxylation sites is 1. The van der Waals surface area contributed by atoms with Crippen LogP contribution in [0.3, 0.4) is 0 Å². The van der Waals surface area contributed by atoms with E-state index in [4.69, 9.17) is 0 Å². The minimum absolute atomic E-state index is 0.0486. The van der Waals surface area contributed by atoms with Gasteiger partial charge in [-0.3, -0.25) is 4.98 Å². The highest BCUT2D eigenvalue weighted by Gasteiger charge is 2.33. The molecule has 0 unspecified atom stereocenters. The van der Waals surface area contributed by atoms with Crippen LogP contribution in [0.1, 0.15) is 30.9 Å². The predicted octanol–water partition coefficient (Wildman–Crippen LogP) is 7.42. The summed E-state index contributed by atoms with van der Waals surface area (Å²) in [5.74, 6) is 0.267. The van der Waals surface area contributed by atoms with E-state index in [1.807, 2.05) is 24.3 Å². The molecule has 1 heterocycles. The van der Waals surface area contributed by atoms with Crippen LogP contribution < -0.4 is 0 Å². The molecule has 0 saturated heterocycles. The van der Waals surface area contributed by atoms with Crippen molar-refractivity contribution in [2.24, 2.45) is 0 Å². The predicted molar refractivity (Wildman–Crippen MR) is 113 cm³/mol. The van der Waals surface area contributed by atoms with Crippen molar-refractivity contribution in [3.63, 3.8) is 0 Å². The molecule has 0 aliphatic heterocycles. The average molecular weight is 407 g/mol. The lowest BCUT2D eigenvalue weighted by molar-refractivity contribution is -0.136. The van der Waals surface area contributed by atoms with Gasteiger partial charge in [-0.05, 0) is 40.8 Å². The third-order valence-corrected chi connectivity index (χ3v) is 5.21. The van der Waals surface area contributed by atoms with E-state index < -0.39 is 11.7 Å². The van der Waals surface area contributed by atoms with Crippen LogP contribution >= 0.6 is 0 Å². The van der Waals surface area contributed by atoms with E-state index >= 15 is 0 Å². The third-order valence-electron chi connectivity index (χ3n) is 5.21. The Morgan fingerprint density at radius 2 is 1.60 bits per heavy atom. The number of rotatable bonds is 3. The van der Waals surface area contributed by atoms with E-state index in [9.17, 15) is 18.3 Å². The smallest absolute Gasteiger partial charge is 0.418 e. The largest absolute Gasteiger partial charge is 0.508 e. The summed E-state index contributed by atoms with van der Waals surface area (Å²) < 4.78 is 40.9. The summed E-state index contributed by atoms with van der Waals surface area (Å²) in [5.41, 5.74) is 3.10. The molecule has 30 heavy (non-hydrogen) atoms. The van der Waals surface area contributed by atoms with Gasteiger partial charge in [0.2, 0.25) is 0 Å². The molecule has 0 spiro atoms. The van der Waals surface area contributed by atoms with E-state index in [1.165, 1.54) is 18.3 Å². The Hall–Kier alpha value is -3.34. The molecule has 0 aliphatic carbocycles. The highest BCUT2D eigenvalue weighted by molar-refractivity contribution is 6.03. The lowest BCUT2D eigenvalue weighted by atomic mass is 9.87. The van der Waals surface area contributed by atoms with E-state index in [-0.39, 0.29) is 17.2 Å². The van der Waals surface area contributed by atoms with Gasteiger partial charge >= 0.3 is 6.18 Å². The maximum Gasteiger partial charge on any atom is 0.418 e. The summed E-state index contributed by atoms with van der Waals surface area (Å²) in [4.78, 5) is 4.25. The fraction of sp³-hybridized carbons (Fsp3) is 0.160. The maximum atomic E-state index is 13.6. The van der Waals surface area contributed by atoms with Crippen molar-refractivity contribution in [1.29, 1.82) is 0 Å². The number of benzene rings is 3. The van der Waals surface area contributed by atoms with Crippen molar-refractivity contribution < 1.29 is 18.3 Å². The highest BCUT2D eigenvalue weighted by Crippen LogP contribution is 2.43. The molecule has 0 bridgehead atoms. The van der Waals surface area contributed by atoms with E-state index in [1.54, 1.807) is 24.3 Å². The zero-order valence-electron chi connectivity index (χ0n) is 16.5. The number of halogens is 3. The molecule has 152 valence electrons. The normalized spacial score (nSPS) is 11.9. The maximum absolute atomic E-state index is 13.6. The van der Waals surface area contributed by atoms with Gasteiger partial charge in [-0.1, -0.05) is 62.4 Å². The molecule has 5 heteroatoms. The van der Waals surface area contributed by atoms with Crippen LogP contribution in [0.15, 0.2) is 72.9 Å². The molecule has 0 amide bonds. The van der Waals surface area contributed by atoms with Gasteiger partial charge in [0.1, 0.15) is 5.75 Å². The Morgan fingerprint density at radius 3 is 2.30 bits per heavy atom. The van der Waals surface area contributed by atoms with Crippen molar-refractivity contribution in [3.05, 3.63) is 84.1 Å². The number of nitrogens with zero attached hydrogens (tertiary/aromatic N) is 1. The first-order chi connectivity index (χ1) is 14.3. The number of phenolic OH excluding ortho intramolecular Hbond substituents is 1. The minimum atomic E-state index is -4.51. The molecular formula is C25H20F3NO. The second-order valence-corrected chi connectivity index (χ2v) is 7.54. The SMILES string of the molecule is CC(C)c1ccccc1-c1cnc2c(C(F)(F)F)cccc2c1-c1cccc(O)c1. The Labute approximate surface area is 172 Å². The zero-order chi connectivity index (χ0) is 21.5.